The van der Waals surface area contributed by atoms with Crippen LogP contribution in [0.5, 0.6) is 0 Å². The van der Waals surface area contributed by atoms with E-state index in [2.05, 4.69) is 5.32 Å². The highest BCUT2D eigenvalue weighted by atomic mass is 35.5. The van der Waals surface area contributed by atoms with Gasteiger partial charge < -0.3 is 10.2 Å². The first-order valence-corrected chi connectivity index (χ1v) is 4.04. The van der Waals surface area contributed by atoms with E-state index in [0.29, 0.717) is 13.1 Å². The molecular formula is C7H12ClF3N2O. The Kier molecular flexibility index (Phi) is 5.22. The van der Waals surface area contributed by atoms with E-state index < -0.39 is 18.6 Å². The van der Waals surface area contributed by atoms with E-state index in [9.17, 15) is 18.0 Å². The smallest absolute Gasteiger partial charge is 0.332 e. The Hall–Kier alpha value is -0.490. The van der Waals surface area contributed by atoms with Crippen LogP contribution in [0.1, 0.15) is 6.42 Å². The minimum absolute atomic E-state index is 0. The lowest BCUT2D eigenvalue weighted by molar-refractivity contribution is -0.160. The Labute approximate surface area is 86.0 Å². The second-order valence-corrected chi connectivity index (χ2v) is 2.93. The van der Waals surface area contributed by atoms with Crippen molar-refractivity contribution in [3.8, 4) is 0 Å². The van der Waals surface area contributed by atoms with Gasteiger partial charge in [0.15, 0.2) is 0 Å². The van der Waals surface area contributed by atoms with Gasteiger partial charge in [-0.2, -0.15) is 13.2 Å². The first-order chi connectivity index (χ1) is 5.99. The van der Waals surface area contributed by atoms with E-state index in [-0.39, 0.29) is 25.4 Å². The van der Waals surface area contributed by atoms with Gasteiger partial charge in [-0.1, -0.05) is 0 Å². The Morgan fingerprint density at radius 1 is 1.36 bits per heavy atom. The second kappa shape index (κ2) is 5.41. The van der Waals surface area contributed by atoms with E-state index in [1.54, 1.807) is 0 Å². The van der Waals surface area contributed by atoms with Gasteiger partial charge >= 0.3 is 6.18 Å². The zero-order valence-corrected chi connectivity index (χ0v) is 8.25. The van der Waals surface area contributed by atoms with Crippen molar-refractivity contribution in [1.82, 2.24) is 10.2 Å². The number of rotatable bonds is 1. The van der Waals surface area contributed by atoms with Crippen LogP contribution in [0, 0.1) is 0 Å². The molecule has 0 aliphatic carbocycles. The van der Waals surface area contributed by atoms with Crippen molar-refractivity contribution in [2.24, 2.45) is 0 Å². The highest BCUT2D eigenvalue weighted by Crippen LogP contribution is 2.17. The Morgan fingerprint density at radius 2 is 2.00 bits per heavy atom. The molecule has 0 atom stereocenters. The van der Waals surface area contributed by atoms with Crippen molar-refractivity contribution >= 4 is 18.3 Å². The van der Waals surface area contributed by atoms with Crippen LogP contribution < -0.4 is 5.32 Å². The minimum Gasteiger partial charge on any atom is -0.332 e. The lowest BCUT2D eigenvalue weighted by atomic mass is 10.3. The maximum Gasteiger partial charge on any atom is 0.406 e. The summed E-state index contributed by atoms with van der Waals surface area (Å²) in [5, 5.41) is 2.86. The van der Waals surface area contributed by atoms with Crippen molar-refractivity contribution in [2.45, 2.75) is 12.6 Å². The van der Waals surface area contributed by atoms with Gasteiger partial charge in [0, 0.05) is 26.1 Å². The fraction of sp³-hybridized carbons (Fsp3) is 0.857. The molecular weight excluding hydrogens is 221 g/mol. The maximum absolute atomic E-state index is 11.9. The normalized spacial score (nSPS) is 18.8. The SMILES string of the molecule is Cl.O=C1CCNCCN1CC(F)(F)F. The number of nitrogens with one attached hydrogen (secondary N) is 1. The third kappa shape index (κ3) is 4.66. The second-order valence-electron chi connectivity index (χ2n) is 2.93. The van der Waals surface area contributed by atoms with E-state index in [0.717, 1.165) is 4.90 Å². The van der Waals surface area contributed by atoms with Gasteiger partial charge in [-0.25, -0.2) is 0 Å². The number of carbonyl (C=O) groups is 1. The zero-order chi connectivity index (χ0) is 9.90. The Bertz CT molecular complexity index is 198. The zero-order valence-electron chi connectivity index (χ0n) is 7.43. The summed E-state index contributed by atoms with van der Waals surface area (Å²) in [5.74, 6) is -0.428. The molecule has 0 radical (unpaired) electrons. The standard InChI is InChI=1S/C7H11F3N2O.ClH/c8-7(9,10)5-12-4-3-11-2-1-6(12)13;/h11H,1-5H2;1H. The summed E-state index contributed by atoms with van der Waals surface area (Å²) in [6.07, 6.45) is -4.14. The fourth-order valence-electron chi connectivity index (χ4n) is 1.20. The maximum atomic E-state index is 11.9. The number of hydrogen-bond acceptors (Lipinski definition) is 2. The molecule has 0 spiro atoms. The molecule has 0 bridgehead atoms. The third-order valence-electron chi connectivity index (χ3n) is 1.80. The summed E-state index contributed by atoms with van der Waals surface area (Å²) in [7, 11) is 0. The van der Waals surface area contributed by atoms with Crippen LogP contribution in [-0.2, 0) is 4.79 Å². The number of alkyl halides is 3. The lowest BCUT2D eigenvalue weighted by Gasteiger charge is -2.21. The Balaban J connectivity index is 0.00000169. The molecule has 0 aromatic heterocycles. The van der Waals surface area contributed by atoms with E-state index in [1.807, 2.05) is 0 Å². The number of hydrogen-bond donors (Lipinski definition) is 1. The molecule has 1 N–H and O–H groups in total. The number of amides is 1. The van der Waals surface area contributed by atoms with Crippen LogP contribution in [0.3, 0.4) is 0 Å². The first-order valence-electron chi connectivity index (χ1n) is 4.04. The molecule has 1 saturated heterocycles. The van der Waals surface area contributed by atoms with Crippen LogP contribution in [0.4, 0.5) is 13.2 Å². The highest BCUT2D eigenvalue weighted by molar-refractivity contribution is 5.85. The lowest BCUT2D eigenvalue weighted by Crippen LogP contribution is -2.39. The van der Waals surface area contributed by atoms with Gasteiger partial charge in [-0.3, -0.25) is 4.79 Å². The van der Waals surface area contributed by atoms with Gasteiger partial charge in [0.25, 0.3) is 0 Å². The van der Waals surface area contributed by atoms with Gasteiger partial charge in [-0.05, 0) is 0 Å². The van der Waals surface area contributed by atoms with Crippen LogP contribution in [0.15, 0.2) is 0 Å². The summed E-state index contributed by atoms with van der Waals surface area (Å²) < 4.78 is 35.8. The highest BCUT2D eigenvalue weighted by Gasteiger charge is 2.33. The molecule has 1 rings (SSSR count). The quantitative estimate of drug-likeness (QED) is 0.725. The summed E-state index contributed by atoms with van der Waals surface area (Å²) in [6, 6.07) is 0. The largest absolute Gasteiger partial charge is 0.406 e. The monoisotopic (exact) mass is 232 g/mol. The van der Waals surface area contributed by atoms with E-state index in [4.69, 9.17) is 0 Å². The van der Waals surface area contributed by atoms with Crippen LogP contribution >= 0.6 is 12.4 Å². The number of nitrogens with zero attached hydrogens (tertiary/aromatic N) is 1. The van der Waals surface area contributed by atoms with E-state index >= 15 is 0 Å². The number of halogens is 4. The molecule has 1 aliphatic rings. The van der Waals surface area contributed by atoms with Crippen molar-refractivity contribution in [3.05, 3.63) is 0 Å². The van der Waals surface area contributed by atoms with Crippen LogP contribution in [0.25, 0.3) is 0 Å². The number of carbonyl (C=O) groups excluding carboxylic acids is 1. The summed E-state index contributed by atoms with van der Waals surface area (Å²) in [6.45, 7) is -0.0964. The molecule has 0 unspecified atom stereocenters. The summed E-state index contributed by atoms with van der Waals surface area (Å²) in [5.41, 5.74) is 0. The van der Waals surface area contributed by atoms with Gasteiger partial charge in [0.2, 0.25) is 5.91 Å². The summed E-state index contributed by atoms with van der Waals surface area (Å²) in [4.78, 5) is 11.9. The van der Waals surface area contributed by atoms with Crippen molar-refractivity contribution in [1.29, 1.82) is 0 Å². The molecule has 0 saturated carbocycles. The Morgan fingerprint density at radius 3 is 2.57 bits per heavy atom. The molecule has 1 amide bonds. The molecule has 14 heavy (non-hydrogen) atoms. The van der Waals surface area contributed by atoms with Gasteiger partial charge in [0.1, 0.15) is 6.54 Å². The fourth-order valence-corrected chi connectivity index (χ4v) is 1.20. The van der Waals surface area contributed by atoms with Crippen molar-refractivity contribution in [2.75, 3.05) is 26.2 Å². The molecule has 84 valence electrons. The minimum atomic E-state index is -4.29. The predicted octanol–water partition coefficient (Wildman–Crippen LogP) is 0.792. The molecule has 1 aliphatic heterocycles. The third-order valence-corrected chi connectivity index (χ3v) is 1.80. The molecule has 1 fully saturated rings. The molecule has 3 nitrogen and oxygen atoms in total. The summed E-state index contributed by atoms with van der Waals surface area (Å²) >= 11 is 0. The van der Waals surface area contributed by atoms with Crippen molar-refractivity contribution < 1.29 is 18.0 Å². The van der Waals surface area contributed by atoms with Crippen LogP contribution in [-0.4, -0.2) is 43.2 Å². The average molecular weight is 233 g/mol. The molecule has 7 heteroatoms. The molecule has 1 heterocycles. The molecule has 0 aromatic rings. The topological polar surface area (TPSA) is 32.3 Å². The molecule has 0 aromatic carbocycles. The average Bonchev–Trinajstić information content (AvgIpc) is 2.14. The van der Waals surface area contributed by atoms with Crippen molar-refractivity contribution in [3.63, 3.8) is 0 Å². The van der Waals surface area contributed by atoms with Gasteiger partial charge in [0.05, 0.1) is 0 Å². The first kappa shape index (κ1) is 13.5. The predicted molar refractivity (Wildman–Crippen MR) is 47.4 cm³/mol. The van der Waals surface area contributed by atoms with Crippen LogP contribution in [0.2, 0.25) is 0 Å². The van der Waals surface area contributed by atoms with E-state index in [1.165, 1.54) is 0 Å². The van der Waals surface area contributed by atoms with Gasteiger partial charge in [-0.15, -0.1) is 12.4 Å².